The van der Waals surface area contributed by atoms with Crippen LogP contribution in [-0.4, -0.2) is 22.8 Å². The number of benzene rings is 1. The van der Waals surface area contributed by atoms with Crippen molar-refractivity contribution in [3.63, 3.8) is 0 Å². The molecule has 0 amide bonds. The highest BCUT2D eigenvalue weighted by Gasteiger charge is 2.10. The van der Waals surface area contributed by atoms with Crippen molar-refractivity contribution in [2.24, 2.45) is 0 Å². The van der Waals surface area contributed by atoms with Gasteiger partial charge in [-0.15, -0.1) is 0 Å². The molecule has 0 radical (unpaired) electrons. The Hall–Kier alpha value is -2.62. The lowest BCUT2D eigenvalue weighted by atomic mass is 10.1. The number of hydrogen-bond donors (Lipinski definition) is 0. The number of imidazole rings is 1. The van der Waals surface area contributed by atoms with E-state index in [2.05, 4.69) is 4.98 Å². The van der Waals surface area contributed by atoms with Crippen LogP contribution in [0.25, 0.3) is 16.9 Å². The predicted molar refractivity (Wildman–Crippen MR) is 77.3 cm³/mol. The lowest BCUT2D eigenvalue weighted by Gasteiger charge is -2.04. The fourth-order valence-electron chi connectivity index (χ4n) is 2.26. The zero-order valence-corrected chi connectivity index (χ0v) is 11.3. The van der Waals surface area contributed by atoms with Crippen molar-refractivity contribution in [1.82, 2.24) is 9.38 Å². The zero-order valence-electron chi connectivity index (χ0n) is 11.3. The molecule has 3 rings (SSSR count). The molecule has 4 nitrogen and oxygen atoms in total. The predicted octanol–water partition coefficient (Wildman–Crippen LogP) is 3.13. The number of aldehydes is 1. The summed E-state index contributed by atoms with van der Waals surface area (Å²) in [6, 6.07) is 9.65. The molecular formula is C16H14N2O2. The van der Waals surface area contributed by atoms with Gasteiger partial charge in [-0.2, -0.15) is 0 Å². The number of carbonyl (C=O) groups is 1. The maximum Gasteiger partial charge on any atom is 0.151 e. The van der Waals surface area contributed by atoms with Gasteiger partial charge in [0.1, 0.15) is 11.4 Å². The monoisotopic (exact) mass is 266 g/mol. The molecule has 100 valence electrons. The van der Waals surface area contributed by atoms with Crippen LogP contribution >= 0.6 is 0 Å². The van der Waals surface area contributed by atoms with E-state index in [1.165, 1.54) is 0 Å². The summed E-state index contributed by atoms with van der Waals surface area (Å²) < 4.78 is 7.22. The molecule has 0 aliphatic rings. The number of para-hydroxylation sites is 1. The lowest BCUT2D eigenvalue weighted by Crippen LogP contribution is -1.91. The van der Waals surface area contributed by atoms with Crippen LogP contribution in [0.4, 0.5) is 0 Å². The molecule has 0 aliphatic carbocycles. The first-order valence-electron chi connectivity index (χ1n) is 6.31. The molecule has 2 aromatic heterocycles. The minimum absolute atomic E-state index is 0.668. The molecule has 0 unspecified atom stereocenters. The van der Waals surface area contributed by atoms with E-state index >= 15 is 0 Å². The fraction of sp³-hybridized carbons (Fsp3) is 0.125. The third-order valence-corrected chi connectivity index (χ3v) is 3.35. The second-order valence-corrected chi connectivity index (χ2v) is 4.62. The maximum atomic E-state index is 11.0. The van der Waals surface area contributed by atoms with Crippen molar-refractivity contribution in [3.8, 4) is 17.0 Å². The van der Waals surface area contributed by atoms with Crippen LogP contribution in [0.3, 0.4) is 0 Å². The molecule has 0 atom stereocenters. The third kappa shape index (κ3) is 1.95. The molecule has 0 N–H and O–H groups in total. The van der Waals surface area contributed by atoms with Gasteiger partial charge in [-0.05, 0) is 30.7 Å². The van der Waals surface area contributed by atoms with Crippen molar-refractivity contribution < 1.29 is 9.53 Å². The summed E-state index contributed by atoms with van der Waals surface area (Å²) in [5, 5.41) is 0. The van der Waals surface area contributed by atoms with Gasteiger partial charge in [-0.3, -0.25) is 4.79 Å². The van der Waals surface area contributed by atoms with Crippen LogP contribution in [0.15, 0.2) is 42.7 Å². The molecule has 0 aliphatic heterocycles. The Balaban J connectivity index is 2.20. The van der Waals surface area contributed by atoms with Gasteiger partial charge < -0.3 is 9.14 Å². The van der Waals surface area contributed by atoms with Crippen LogP contribution in [0.5, 0.6) is 5.75 Å². The molecule has 0 spiro atoms. The molecule has 0 saturated heterocycles. The average Bonchev–Trinajstić information content (AvgIpc) is 2.88. The summed E-state index contributed by atoms with van der Waals surface area (Å²) >= 11 is 0. The number of fused-ring (bicyclic) bond motifs is 1. The molecule has 3 aromatic rings. The fourth-order valence-corrected chi connectivity index (χ4v) is 2.26. The topological polar surface area (TPSA) is 43.6 Å². The van der Waals surface area contributed by atoms with Crippen molar-refractivity contribution >= 4 is 11.9 Å². The molecule has 0 bridgehead atoms. The van der Waals surface area contributed by atoms with Crippen molar-refractivity contribution in [3.05, 3.63) is 53.9 Å². The van der Waals surface area contributed by atoms with Gasteiger partial charge in [0, 0.05) is 23.5 Å². The van der Waals surface area contributed by atoms with Crippen LogP contribution in [-0.2, 0) is 0 Å². The minimum Gasteiger partial charge on any atom is -0.496 e. The molecule has 4 heteroatoms. The van der Waals surface area contributed by atoms with E-state index < -0.39 is 0 Å². The first-order valence-corrected chi connectivity index (χ1v) is 6.31. The summed E-state index contributed by atoms with van der Waals surface area (Å²) in [7, 11) is 1.64. The Morgan fingerprint density at radius 2 is 2.05 bits per heavy atom. The number of nitrogens with zero attached hydrogens (tertiary/aromatic N) is 2. The van der Waals surface area contributed by atoms with Crippen LogP contribution in [0.1, 0.15) is 15.9 Å². The number of pyridine rings is 1. The molecule has 0 fully saturated rings. The molecule has 1 aromatic carbocycles. The van der Waals surface area contributed by atoms with E-state index in [9.17, 15) is 4.79 Å². The highest BCUT2D eigenvalue weighted by Crippen LogP contribution is 2.29. The highest BCUT2D eigenvalue weighted by molar-refractivity contribution is 5.78. The van der Waals surface area contributed by atoms with Gasteiger partial charge in [-0.25, -0.2) is 4.98 Å². The lowest BCUT2D eigenvalue weighted by molar-refractivity contribution is 0.112. The Morgan fingerprint density at radius 1 is 1.25 bits per heavy atom. The SMILES string of the molecule is COc1ccccc1-c1cn2cc(C=O)c(C)cc2n1. The number of carbonyl (C=O) groups excluding carboxylic acids is 1. The van der Waals surface area contributed by atoms with Gasteiger partial charge in [0.2, 0.25) is 0 Å². The van der Waals surface area contributed by atoms with Crippen LogP contribution in [0.2, 0.25) is 0 Å². The number of aryl methyl sites for hydroxylation is 1. The second-order valence-electron chi connectivity index (χ2n) is 4.62. The van der Waals surface area contributed by atoms with E-state index in [1.54, 1.807) is 13.3 Å². The summed E-state index contributed by atoms with van der Waals surface area (Å²) in [6.45, 7) is 1.90. The number of methoxy groups -OCH3 is 1. The summed E-state index contributed by atoms with van der Waals surface area (Å²) in [6.07, 6.45) is 4.56. The smallest absolute Gasteiger partial charge is 0.151 e. The Morgan fingerprint density at radius 3 is 2.80 bits per heavy atom. The summed E-state index contributed by atoms with van der Waals surface area (Å²) in [4.78, 5) is 15.6. The Bertz CT molecular complexity index is 790. The van der Waals surface area contributed by atoms with Gasteiger partial charge in [0.15, 0.2) is 6.29 Å². The van der Waals surface area contributed by atoms with E-state index in [0.29, 0.717) is 5.56 Å². The number of aromatic nitrogens is 2. The van der Waals surface area contributed by atoms with Gasteiger partial charge >= 0.3 is 0 Å². The standard InChI is InChI=1S/C16H14N2O2/c1-11-7-16-17-14(9-18(16)8-12(11)10-19)13-5-3-4-6-15(13)20-2/h3-10H,1-2H3. The van der Waals surface area contributed by atoms with Crippen LogP contribution < -0.4 is 4.74 Å². The first-order chi connectivity index (χ1) is 9.72. The summed E-state index contributed by atoms with van der Waals surface area (Å²) in [5.41, 5.74) is 4.16. The quantitative estimate of drug-likeness (QED) is 0.684. The van der Waals surface area contributed by atoms with E-state index in [1.807, 2.05) is 47.9 Å². The van der Waals surface area contributed by atoms with Gasteiger partial charge in [-0.1, -0.05) is 12.1 Å². The number of rotatable bonds is 3. The Kier molecular flexibility index (Phi) is 2.99. The molecule has 0 saturated carbocycles. The van der Waals surface area contributed by atoms with Gasteiger partial charge in [0.25, 0.3) is 0 Å². The number of hydrogen-bond acceptors (Lipinski definition) is 3. The highest BCUT2D eigenvalue weighted by atomic mass is 16.5. The molecular weight excluding hydrogens is 252 g/mol. The normalized spacial score (nSPS) is 10.7. The van der Waals surface area contributed by atoms with Crippen molar-refractivity contribution in [2.45, 2.75) is 6.92 Å². The maximum absolute atomic E-state index is 11.0. The van der Waals surface area contributed by atoms with E-state index in [0.717, 1.165) is 34.5 Å². The van der Waals surface area contributed by atoms with Crippen molar-refractivity contribution in [2.75, 3.05) is 7.11 Å². The summed E-state index contributed by atoms with van der Waals surface area (Å²) in [5.74, 6) is 0.781. The Labute approximate surface area is 116 Å². The van der Waals surface area contributed by atoms with Crippen LogP contribution in [0, 0.1) is 6.92 Å². The minimum atomic E-state index is 0.668. The van der Waals surface area contributed by atoms with Gasteiger partial charge in [0.05, 0.1) is 12.8 Å². The largest absolute Gasteiger partial charge is 0.496 e. The first kappa shape index (κ1) is 12.4. The second kappa shape index (κ2) is 4.81. The molecule has 2 heterocycles. The van der Waals surface area contributed by atoms with E-state index in [-0.39, 0.29) is 0 Å². The average molecular weight is 266 g/mol. The number of ether oxygens (including phenoxy) is 1. The van der Waals surface area contributed by atoms with Crippen molar-refractivity contribution in [1.29, 1.82) is 0 Å². The third-order valence-electron chi connectivity index (χ3n) is 3.35. The molecule has 20 heavy (non-hydrogen) atoms. The van der Waals surface area contributed by atoms with E-state index in [4.69, 9.17) is 4.74 Å². The zero-order chi connectivity index (χ0) is 14.1.